The number of hydrazine groups is 1. The highest BCUT2D eigenvalue weighted by atomic mass is 16.2. The molecule has 2 amide bonds. The first-order valence-electron chi connectivity index (χ1n) is 12.3. The third kappa shape index (κ3) is 3.34. The molecule has 0 aromatic heterocycles. The number of hydrogen-bond donors (Lipinski definition) is 2. The number of carbonyl (C=O) groups is 2. The summed E-state index contributed by atoms with van der Waals surface area (Å²) in [6.07, 6.45) is 13.9. The van der Waals surface area contributed by atoms with Gasteiger partial charge in [0, 0.05) is 16.6 Å². The van der Waals surface area contributed by atoms with Crippen molar-refractivity contribution in [2.24, 2.45) is 34.5 Å². The van der Waals surface area contributed by atoms with Gasteiger partial charge in [-0.25, -0.2) is 0 Å². The molecular weight excluding hydrogens is 384 g/mol. The Morgan fingerprint density at radius 2 is 1.65 bits per heavy atom. The summed E-state index contributed by atoms with van der Waals surface area (Å²) in [6.45, 7) is 4.89. The normalized spacial score (nSPS) is 38.8. The van der Waals surface area contributed by atoms with Crippen LogP contribution in [0.3, 0.4) is 0 Å². The molecule has 1 aromatic rings. The van der Waals surface area contributed by atoms with Crippen molar-refractivity contribution in [2.45, 2.75) is 71.6 Å². The van der Waals surface area contributed by atoms with Gasteiger partial charge in [0.05, 0.1) is 0 Å². The topological polar surface area (TPSA) is 58.2 Å². The first kappa shape index (κ1) is 20.8. The highest BCUT2D eigenvalue weighted by Crippen LogP contribution is 2.66. The molecule has 4 heteroatoms. The average molecular weight is 421 g/mol. The zero-order chi connectivity index (χ0) is 21.6. The quantitative estimate of drug-likeness (QED) is 0.628. The van der Waals surface area contributed by atoms with Gasteiger partial charge < -0.3 is 0 Å². The Labute approximate surface area is 186 Å². The van der Waals surface area contributed by atoms with Crippen molar-refractivity contribution in [1.82, 2.24) is 10.9 Å². The monoisotopic (exact) mass is 420 g/mol. The Bertz CT molecular complexity index is 894. The second kappa shape index (κ2) is 7.79. The maximum atomic E-state index is 13.1. The smallest absolute Gasteiger partial charge is 0.268 e. The fraction of sp³-hybridized carbons (Fsp3) is 0.630. The van der Waals surface area contributed by atoms with E-state index < -0.39 is 0 Å². The number of allylic oxidation sites excluding steroid dienone is 1. The van der Waals surface area contributed by atoms with E-state index in [-0.39, 0.29) is 17.2 Å². The molecule has 5 rings (SSSR count). The molecule has 3 fully saturated rings. The molecule has 0 saturated heterocycles. The van der Waals surface area contributed by atoms with Crippen molar-refractivity contribution in [3.05, 3.63) is 47.5 Å². The van der Waals surface area contributed by atoms with Crippen molar-refractivity contribution in [3.8, 4) is 0 Å². The van der Waals surface area contributed by atoms with Crippen LogP contribution >= 0.6 is 0 Å². The van der Waals surface area contributed by atoms with E-state index >= 15 is 0 Å². The van der Waals surface area contributed by atoms with Crippen LogP contribution in [0.25, 0.3) is 0 Å². The predicted molar refractivity (Wildman–Crippen MR) is 122 cm³/mol. The van der Waals surface area contributed by atoms with Crippen LogP contribution in [-0.4, -0.2) is 11.8 Å². The molecule has 31 heavy (non-hydrogen) atoms. The molecule has 2 N–H and O–H groups in total. The van der Waals surface area contributed by atoms with Crippen LogP contribution in [0.2, 0.25) is 0 Å². The van der Waals surface area contributed by atoms with Crippen LogP contribution in [0, 0.1) is 34.5 Å². The molecule has 4 aliphatic carbocycles. The van der Waals surface area contributed by atoms with Gasteiger partial charge in [-0.3, -0.25) is 20.4 Å². The Hall–Kier alpha value is -2.10. The number of nitrogens with one attached hydrogen (secondary N) is 2. The molecule has 1 unspecified atom stereocenters. The van der Waals surface area contributed by atoms with Gasteiger partial charge >= 0.3 is 0 Å². The van der Waals surface area contributed by atoms with Crippen molar-refractivity contribution < 1.29 is 9.59 Å². The average Bonchev–Trinajstić information content (AvgIpc) is 3.14. The summed E-state index contributed by atoms with van der Waals surface area (Å²) in [7, 11) is 0. The number of fused-ring (bicyclic) bond motifs is 5. The minimum absolute atomic E-state index is 0.0689. The lowest BCUT2D eigenvalue weighted by molar-refractivity contribution is -0.123. The molecule has 166 valence electrons. The second-order valence-electron chi connectivity index (χ2n) is 11.0. The van der Waals surface area contributed by atoms with Crippen molar-refractivity contribution in [2.75, 3.05) is 0 Å². The van der Waals surface area contributed by atoms with Gasteiger partial charge in [-0.1, -0.05) is 51.0 Å². The Kier molecular flexibility index (Phi) is 5.22. The van der Waals surface area contributed by atoms with E-state index in [9.17, 15) is 9.59 Å². The Morgan fingerprint density at radius 3 is 2.45 bits per heavy atom. The lowest BCUT2D eigenvalue weighted by Gasteiger charge is -2.60. The van der Waals surface area contributed by atoms with E-state index in [1.807, 2.05) is 18.2 Å². The van der Waals surface area contributed by atoms with Crippen LogP contribution in [0.4, 0.5) is 0 Å². The Morgan fingerprint density at radius 1 is 0.871 bits per heavy atom. The van der Waals surface area contributed by atoms with Crippen LogP contribution in [0.1, 0.15) is 82.0 Å². The number of rotatable bonds is 2. The lowest BCUT2D eigenvalue weighted by Crippen LogP contribution is -2.53. The van der Waals surface area contributed by atoms with Gasteiger partial charge in [0.25, 0.3) is 11.8 Å². The van der Waals surface area contributed by atoms with Gasteiger partial charge in [0.15, 0.2) is 0 Å². The maximum absolute atomic E-state index is 13.1. The Balaban J connectivity index is 1.28. The summed E-state index contributed by atoms with van der Waals surface area (Å²) in [6, 6.07) is 9.01. The fourth-order valence-corrected chi connectivity index (χ4v) is 8.06. The maximum Gasteiger partial charge on any atom is 0.269 e. The SMILES string of the molecule is C[C@]12CCCCC1CC[C@@H]1[C@@H]2CC[C@]2(C)C(C(=O)NNC(=O)c3ccccc3)=CC[C@@H]12. The van der Waals surface area contributed by atoms with E-state index in [1.54, 1.807) is 12.1 Å². The van der Waals surface area contributed by atoms with Gasteiger partial charge in [0.2, 0.25) is 0 Å². The molecule has 0 bridgehead atoms. The molecule has 4 aliphatic rings. The molecular formula is C27H36N2O2. The predicted octanol–water partition coefficient (Wildman–Crippen LogP) is 5.42. The zero-order valence-corrected chi connectivity index (χ0v) is 19.0. The van der Waals surface area contributed by atoms with Crippen molar-refractivity contribution >= 4 is 11.8 Å². The summed E-state index contributed by atoms with van der Waals surface area (Å²) in [5.41, 5.74) is 7.19. The molecule has 1 aromatic carbocycles. The summed E-state index contributed by atoms with van der Waals surface area (Å²) in [5, 5.41) is 0. The van der Waals surface area contributed by atoms with E-state index in [0.29, 0.717) is 16.9 Å². The minimum Gasteiger partial charge on any atom is -0.268 e. The zero-order valence-electron chi connectivity index (χ0n) is 19.0. The second-order valence-corrected chi connectivity index (χ2v) is 11.0. The van der Waals surface area contributed by atoms with Gasteiger partial charge in [-0.2, -0.15) is 0 Å². The molecule has 6 atom stereocenters. The minimum atomic E-state index is -0.276. The van der Waals surface area contributed by atoms with Crippen molar-refractivity contribution in [3.63, 3.8) is 0 Å². The van der Waals surface area contributed by atoms with E-state index in [1.165, 1.54) is 44.9 Å². The van der Waals surface area contributed by atoms with Crippen LogP contribution in [0.15, 0.2) is 42.0 Å². The third-order valence-electron chi connectivity index (χ3n) is 9.73. The summed E-state index contributed by atoms with van der Waals surface area (Å²) in [5.74, 6) is 2.62. The highest BCUT2D eigenvalue weighted by molar-refractivity contribution is 5.99. The summed E-state index contributed by atoms with van der Waals surface area (Å²) in [4.78, 5) is 25.4. The van der Waals surface area contributed by atoms with Gasteiger partial charge in [-0.05, 0) is 86.2 Å². The lowest BCUT2D eigenvalue weighted by atomic mass is 9.45. The highest BCUT2D eigenvalue weighted by Gasteiger charge is 2.58. The summed E-state index contributed by atoms with van der Waals surface area (Å²) >= 11 is 0. The molecule has 0 spiro atoms. The molecule has 4 nitrogen and oxygen atoms in total. The van der Waals surface area contributed by atoms with Gasteiger partial charge in [0.1, 0.15) is 0 Å². The van der Waals surface area contributed by atoms with E-state index in [2.05, 4.69) is 30.8 Å². The van der Waals surface area contributed by atoms with Gasteiger partial charge in [-0.15, -0.1) is 0 Å². The van der Waals surface area contributed by atoms with Crippen molar-refractivity contribution in [1.29, 1.82) is 0 Å². The standard InChI is InChI=1S/C27H36N2O2/c1-26-16-7-6-10-19(26)11-12-20-21-13-14-23(27(21,2)17-15-22(20)26)25(31)29-28-24(30)18-8-4-3-5-9-18/h3-5,8-9,14,19-22H,6-7,10-13,15-17H2,1-2H3,(H,28,30)(H,29,31)/t19?,20-,21-,22-,26-,27-/m0/s1. The van der Waals surface area contributed by atoms with Crippen LogP contribution in [-0.2, 0) is 4.79 Å². The largest absolute Gasteiger partial charge is 0.269 e. The molecule has 0 heterocycles. The fourth-order valence-electron chi connectivity index (χ4n) is 8.06. The number of carbonyl (C=O) groups excluding carboxylic acids is 2. The summed E-state index contributed by atoms with van der Waals surface area (Å²) < 4.78 is 0. The van der Waals surface area contributed by atoms with Crippen LogP contribution in [0.5, 0.6) is 0 Å². The number of amides is 2. The molecule has 0 radical (unpaired) electrons. The molecule has 3 saturated carbocycles. The number of hydrogen-bond acceptors (Lipinski definition) is 2. The number of benzene rings is 1. The third-order valence-corrected chi connectivity index (χ3v) is 9.73. The first-order chi connectivity index (χ1) is 14.9. The van der Waals surface area contributed by atoms with Crippen LogP contribution < -0.4 is 10.9 Å². The first-order valence-corrected chi connectivity index (χ1v) is 12.3. The van der Waals surface area contributed by atoms with E-state index in [0.717, 1.165) is 36.2 Å². The van der Waals surface area contributed by atoms with E-state index in [4.69, 9.17) is 0 Å². The molecule has 0 aliphatic heterocycles.